The predicted octanol–water partition coefficient (Wildman–Crippen LogP) is 2.75. The highest BCUT2D eigenvalue weighted by Gasteiger charge is 2.33. The zero-order chi connectivity index (χ0) is 20.6. The molecule has 1 saturated heterocycles. The maximum absolute atomic E-state index is 13.0. The van der Waals surface area contributed by atoms with E-state index in [1.165, 1.54) is 24.7 Å². The SMILES string of the molecule is O=C(c1cnccn1)N1CCC[C@H](c2cc3nc(C(F)(F)F)ccc3c(=O)[nH]2)C1. The number of hydrogen-bond acceptors (Lipinski definition) is 5. The molecule has 0 bridgehead atoms. The smallest absolute Gasteiger partial charge is 0.337 e. The van der Waals surface area contributed by atoms with E-state index in [2.05, 4.69) is 19.9 Å². The average molecular weight is 403 g/mol. The van der Waals surface area contributed by atoms with Gasteiger partial charge in [-0.15, -0.1) is 0 Å². The highest BCUT2D eigenvalue weighted by molar-refractivity contribution is 5.92. The molecule has 0 aliphatic carbocycles. The first-order valence-corrected chi connectivity index (χ1v) is 8.99. The normalized spacial score (nSPS) is 17.5. The Kier molecular flexibility index (Phi) is 4.77. The summed E-state index contributed by atoms with van der Waals surface area (Å²) in [6.07, 6.45) is 1.06. The van der Waals surface area contributed by atoms with E-state index in [0.717, 1.165) is 12.1 Å². The van der Waals surface area contributed by atoms with Gasteiger partial charge in [0.25, 0.3) is 11.5 Å². The van der Waals surface area contributed by atoms with Crippen LogP contribution in [0.3, 0.4) is 0 Å². The second-order valence-electron chi connectivity index (χ2n) is 6.86. The van der Waals surface area contributed by atoms with Crippen molar-refractivity contribution in [3.63, 3.8) is 0 Å². The molecule has 10 heteroatoms. The summed E-state index contributed by atoms with van der Waals surface area (Å²) in [5.41, 5.74) is -0.890. The van der Waals surface area contributed by atoms with Gasteiger partial charge in [0.1, 0.15) is 11.4 Å². The molecule has 150 valence electrons. The number of hydrogen-bond donors (Lipinski definition) is 1. The van der Waals surface area contributed by atoms with Gasteiger partial charge in [-0.05, 0) is 31.0 Å². The summed E-state index contributed by atoms with van der Waals surface area (Å²) in [7, 11) is 0. The van der Waals surface area contributed by atoms with Gasteiger partial charge in [0, 0.05) is 37.1 Å². The second kappa shape index (κ2) is 7.26. The van der Waals surface area contributed by atoms with Crippen LogP contribution in [0.4, 0.5) is 13.2 Å². The average Bonchev–Trinajstić information content (AvgIpc) is 2.73. The molecule has 3 aromatic heterocycles. The zero-order valence-electron chi connectivity index (χ0n) is 15.1. The van der Waals surface area contributed by atoms with Crippen molar-refractivity contribution in [1.29, 1.82) is 0 Å². The molecule has 0 radical (unpaired) electrons. The fraction of sp³-hybridized carbons (Fsp3) is 0.316. The van der Waals surface area contributed by atoms with E-state index < -0.39 is 17.4 Å². The van der Waals surface area contributed by atoms with Gasteiger partial charge in [-0.1, -0.05) is 0 Å². The first kappa shape index (κ1) is 19.0. The topological polar surface area (TPSA) is 91.8 Å². The number of alkyl halides is 3. The van der Waals surface area contributed by atoms with Crippen molar-refractivity contribution in [2.45, 2.75) is 24.9 Å². The van der Waals surface area contributed by atoms with E-state index in [9.17, 15) is 22.8 Å². The van der Waals surface area contributed by atoms with E-state index in [-0.39, 0.29) is 28.4 Å². The number of carbonyl (C=O) groups excluding carboxylic acids is 1. The van der Waals surface area contributed by atoms with Gasteiger partial charge in [-0.2, -0.15) is 13.2 Å². The summed E-state index contributed by atoms with van der Waals surface area (Å²) in [5.74, 6) is -0.499. The Morgan fingerprint density at radius 2 is 2.07 bits per heavy atom. The number of pyridine rings is 2. The Labute approximate surface area is 162 Å². The summed E-state index contributed by atoms with van der Waals surface area (Å²) in [4.78, 5) is 40.9. The third kappa shape index (κ3) is 3.82. The molecule has 1 amide bonds. The monoisotopic (exact) mass is 403 g/mol. The molecule has 1 aliphatic heterocycles. The molecule has 1 N–H and O–H groups in total. The van der Waals surface area contributed by atoms with Crippen LogP contribution in [0, 0.1) is 0 Å². The molecule has 0 spiro atoms. The number of piperidine rings is 1. The molecule has 4 rings (SSSR count). The minimum atomic E-state index is -4.60. The second-order valence-corrected chi connectivity index (χ2v) is 6.86. The number of nitrogens with one attached hydrogen (secondary N) is 1. The molecule has 4 heterocycles. The summed E-state index contributed by atoms with van der Waals surface area (Å²) < 4.78 is 38.9. The van der Waals surface area contributed by atoms with Gasteiger partial charge >= 0.3 is 6.18 Å². The Hall–Kier alpha value is -3.30. The third-order valence-corrected chi connectivity index (χ3v) is 4.94. The lowest BCUT2D eigenvalue weighted by Crippen LogP contribution is -2.40. The maximum Gasteiger partial charge on any atom is 0.433 e. The van der Waals surface area contributed by atoms with Gasteiger partial charge in [-0.3, -0.25) is 14.6 Å². The largest absolute Gasteiger partial charge is 0.433 e. The molecule has 0 saturated carbocycles. The van der Waals surface area contributed by atoms with Crippen molar-refractivity contribution >= 4 is 16.8 Å². The number of fused-ring (bicyclic) bond motifs is 1. The highest BCUT2D eigenvalue weighted by atomic mass is 19.4. The van der Waals surface area contributed by atoms with Crippen molar-refractivity contribution in [2.75, 3.05) is 13.1 Å². The Morgan fingerprint density at radius 1 is 1.24 bits per heavy atom. The van der Waals surface area contributed by atoms with Crippen molar-refractivity contribution in [3.8, 4) is 0 Å². The lowest BCUT2D eigenvalue weighted by Gasteiger charge is -2.32. The lowest BCUT2D eigenvalue weighted by molar-refractivity contribution is -0.140. The van der Waals surface area contributed by atoms with Gasteiger partial charge in [0.2, 0.25) is 0 Å². The molecular formula is C19H16F3N5O2. The fourth-order valence-corrected chi connectivity index (χ4v) is 3.52. The predicted molar refractivity (Wildman–Crippen MR) is 97.3 cm³/mol. The number of likely N-dealkylation sites (tertiary alicyclic amines) is 1. The molecule has 1 fully saturated rings. The summed E-state index contributed by atoms with van der Waals surface area (Å²) >= 11 is 0. The number of aromatic nitrogens is 4. The molecule has 3 aromatic rings. The zero-order valence-corrected chi connectivity index (χ0v) is 15.1. The Balaban J connectivity index is 1.65. The van der Waals surface area contributed by atoms with Crippen LogP contribution in [0.2, 0.25) is 0 Å². The number of rotatable bonds is 2. The number of amides is 1. The van der Waals surface area contributed by atoms with E-state index in [4.69, 9.17) is 0 Å². The van der Waals surface area contributed by atoms with Gasteiger partial charge in [0.05, 0.1) is 17.1 Å². The number of halogens is 3. The van der Waals surface area contributed by atoms with Gasteiger partial charge in [0.15, 0.2) is 0 Å². The van der Waals surface area contributed by atoms with Gasteiger partial charge < -0.3 is 9.88 Å². The third-order valence-electron chi connectivity index (χ3n) is 4.94. The number of aromatic amines is 1. The van der Waals surface area contributed by atoms with Crippen LogP contribution in [0.15, 0.2) is 41.6 Å². The molecule has 0 aromatic carbocycles. The number of carbonyl (C=O) groups is 1. The van der Waals surface area contributed by atoms with Gasteiger partial charge in [-0.25, -0.2) is 9.97 Å². The van der Waals surface area contributed by atoms with Crippen molar-refractivity contribution in [3.05, 3.63) is 64.2 Å². The van der Waals surface area contributed by atoms with Crippen LogP contribution in [0.1, 0.15) is 40.6 Å². The fourth-order valence-electron chi connectivity index (χ4n) is 3.52. The molecular weight excluding hydrogens is 387 g/mol. The minimum Gasteiger partial charge on any atom is -0.337 e. The first-order valence-electron chi connectivity index (χ1n) is 8.99. The van der Waals surface area contributed by atoms with Crippen LogP contribution in [-0.2, 0) is 6.18 Å². The standard InChI is InChI=1S/C19H16F3N5O2/c20-19(21,22)16-4-3-12-14(25-16)8-13(26-17(12)28)11-2-1-7-27(10-11)18(29)15-9-23-5-6-24-15/h3-6,8-9,11H,1-2,7,10H2,(H,26,28)/t11-/m0/s1. The highest BCUT2D eigenvalue weighted by Crippen LogP contribution is 2.30. The molecule has 7 nitrogen and oxygen atoms in total. The number of nitrogens with zero attached hydrogens (tertiary/aromatic N) is 4. The minimum absolute atomic E-state index is 0.0176. The number of H-pyrrole nitrogens is 1. The van der Waals surface area contributed by atoms with Crippen LogP contribution in [0.5, 0.6) is 0 Å². The van der Waals surface area contributed by atoms with Crippen molar-refractivity contribution < 1.29 is 18.0 Å². The van der Waals surface area contributed by atoms with E-state index in [1.807, 2.05) is 0 Å². The van der Waals surface area contributed by atoms with Crippen LogP contribution in [-0.4, -0.2) is 43.8 Å². The first-order chi connectivity index (χ1) is 13.8. The van der Waals surface area contributed by atoms with E-state index >= 15 is 0 Å². The summed E-state index contributed by atoms with van der Waals surface area (Å²) in [6, 6.07) is 3.38. The Morgan fingerprint density at radius 3 is 2.79 bits per heavy atom. The van der Waals surface area contributed by atoms with Crippen LogP contribution >= 0.6 is 0 Å². The molecule has 1 atom stereocenters. The van der Waals surface area contributed by atoms with E-state index in [1.54, 1.807) is 4.90 Å². The van der Waals surface area contributed by atoms with Crippen LogP contribution in [0.25, 0.3) is 10.9 Å². The lowest BCUT2D eigenvalue weighted by atomic mass is 9.93. The summed E-state index contributed by atoms with van der Waals surface area (Å²) in [6.45, 7) is 0.843. The maximum atomic E-state index is 13.0. The van der Waals surface area contributed by atoms with E-state index in [0.29, 0.717) is 31.6 Å². The molecule has 1 aliphatic rings. The van der Waals surface area contributed by atoms with Crippen molar-refractivity contribution in [2.24, 2.45) is 0 Å². The van der Waals surface area contributed by atoms with Crippen LogP contribution < -0.4 is 5.56 Å². The Bertz CT molecular complexity index is 1110. The van der Waals surface area contributed by atoms with Crippen molar-refractivity contribution in [1.82, 2.24) is 24.8 Å². The molecule has 0 unspecified atom stereocenters. The summed E-state index contributed by atoms with van der Waals surface area (Å²) in [5, 5.41) is 0.0880. The quantitative estimate of drug-likeness (QED) is 0.710. The molecule has 29 heavy (non-hydrogen) atoms.